The second-order valence-corrected chi connectivity index (χ2v) is 10.2. The highest BCUT2D eigenvalue weighted by molar-refractivity contribution is 5.97. The Balaban J connectivity index is 2.62. The van der Waals surface area contributed by atoms with Crippen LogP contribution in [0.15, 0.2) is 41.5 Å². The van der Waals surface area contributed by atoms with Crippen molar-refractivity contribution in [3.8, 4) is 5.75 Å². The summed E-state index contributed by atoms with van der Waals surface area (Å²) in [5.41, 5.74) is 2.25. The van der Waals surface area contributed by atoms with Crippen LogP contribution in [0.3, 0.4) is 0 Å². The van der Waals surface area contributed by atoms with Gasteiger partial charge in [-0.25, -0.2) is 0 Å². The van der Waals surface area contributed by atoms with Crippen LogP contribution in [0.5, 0.6) is 5.75 Å². The number of aromatic nitrogens is 1. The second kappa shape index (κ2) is 10.1. The molecule has 8 heteroatoms. The average molecular weight is 466 g/mol. The van der Waals surface area contributed by atoms with Gasteiger partial charge in [-0.05, 0) is 68.5 Å². The zero-order chi connectivity index (χ0) is 25.0. The molecule has 2 rings (SSSR count). The summed E-state index contributed by atoms with van der Waals surface area (Å²) in [5.74, 6) is -0.818. The molecule has 1 aromatic carbocycles. The Labute approximate surface area is 193 Å². The lowest BCUT2D eigenvalue weighted by atomic mass is 9.88. The number of halogens is 3. The van der Waals surface area contributed by atoms with Gasteiger partial charge in [0, 0.05) is 18.3 Å². The van der Waals surface area contributed by atoms with Crippen molar-refractivity contribution in [3.05, 3.63) is 58.7 Å². The van der Waals surface area contributed by atoms with Gasteiger partial charge in [-0.15, -0.1) is 0 Å². The summed E-state index contributed by atoms with van der Waals surface area (Å²) in [4.78, 5) is 22.9. The van der Waals surface area contributed by atoms with Crippen molar-refractivity contribution in [2.24, 2.45) is 4.99 Å². The first-order valence-corrected chi connectivity index (χ1v) is 11.1. The smallest absolute Gasteiger partial charge is 0.407 e. The van der Waals surface area contributed by atoms with Crippen LogP contribution in [-0.4, -0.2) is 16.0 Å². The van der Waals surface area contributed by atoms with Gasteiger partial charge in [0.05, 0.1) is 11.1 Å². The highest BCUT2D eigenvalue weighted by Gasteiger charge is 2.32. The molecule has 0 atom stereocenters. The molecular weight excluding hydrogens is 431 g/mol. The van der Waals surface area contributed by atoms with Crippen molar-refractivity contribution < 1.29 is 22.8 Å². The molecule has 1 aromatic heterocycles. The van der Waals surface area contributed by atoms with Gasteiger partial charge in [-0.2, -0.15) is 23.6 Å². The maximum absolute atomic E-state index is 13.4. The van der Waals surface area contributed by atoms with Gasteiger partial charge in [-0.3, -0.25) is 4.79 Å². The summed E-state index contributed by atoms with van der Waals surface area (Å²) in [6.07, 6.45) is -0.902. The number of alkyl halides is 3. The molecule has 1 heterocycles. The molecule has 0 aliphatic rings. The molecule has 2 aromatic rings. The van der Waals surface area contributed by atoms with Crippen LogP contribution in [0.25, 0.3) is 0 Å². The monoisotopic (exact) mass is 465 g/mol. The van der Waals surface area contributed by atoms with E-state index in [1.54, 1.807) is 0 Å². The first kappa shape index (κ1) is 26.6. The number of hydrogen-bond acceptors (Lipinski definition) is 3. The van der Waals surface area contributed by atoms with E-state index in [-0.39, 0.29) is 16.7 Å². The summed E-state index contributed by atoms with van der Waals surface area (Å²) >= 11 is 0. The lowest BCUT2D eigenvalue weighted by Gasteiger charge is -2.21. The first-order chi connectivity index (χ1) is 15.1. The van der Waals surface area contributed by atoms with Crippen LogP contribution in [0.4, 0.5) is 13.2 Å². The van der Waals surface area contributed by atoms with Crippen LogP contribution in [0.1, 0.15) is 82.8 Å². The van der Waals surface area contributed by atoms with Gasteiger partial charge in [-0.1, -0.05) is 34.1 Å². The third-order valence-corrected chi connectivity index (χ3v) is 4.85. The Hall–Kier alpha value is -2.61. The molecule has 1 N–H and O–H groups in total. The summed E-state index contributed by atoms with van der Waals surface area (Å²) < 4.78 is 41.9. The zero-order valence-corrected chi connectivity index (χ0v) is 20.4. The number of amides is 1. The lowest BCUT2D eigenvalue weighted by molar-refractivity contribution is -0.137. The minimum absolute atomic E-state index is 0.0150. The fourth-order valence-corrected chi connectivity index (χ4v) is 2.93. The van der Waals surface area contributed by atoms with Crippen molar-refractivity contribution in [1.29, 1.82) is 0 Å². The molecule has 33 heavy (non-hydrogen) atoms. The number of carbonyl (C=O) groups is 1. The van der Waals surface area contributed by atoms with E-state index in [1.807, 2.05) is 64.4 Å². The summed E-state index contributed by atoms with van der Waals surface area (Å²) in [6, 6.07) is 6.61. The van der Waals surface area contributed by atoms with Crippen molar-refractivity contribution in [2.75, 3.05) is 0 Å². The zero-order valence-electron chi connectivity index (χ0n) is 20.4. The number of nitrogens with one attached hydrogen (secondary N) is 1. The van der Waals surface area contributed by atoms with Crippen molar-refractivity contribution in [3.63, 3.8) is 0 Å². The van der Waals surface area contributed by atoms with Crippen LogP contribution in [0.2, 0.25) is 0 Å². The van der Waals surface area contributed by atoms with Crippen LogP contribution < -0.4 is 15.8 Å². The fraction of sp³-hybridized carbons (Fsp3) is 0.520. The predicted molar refractivity (Wildman–Crippen MR) is 123 cm³/mol. The standard InChI is InChI=1S/C25H34F3N3O2/c1-8-9-13-31-14-12-17(23(2,3)4)16-21(31)29-22(32)19-15-18(25(26,27)28)10-11-20(19)33-30-24(5,6)7/h10-12,14-16,30H,8-9,13H2,1-7H3/b29-21+. The quantitative estimate of drug-likeness (QED) is 0.530. The third kappa shape index (κ3) is 7.74. The van der Waals surface area contributed by atoms with Gasteiger partial charge in [0.2, 0.25) is 0 Å². The van der Waals surface area contributed by atoms with Crippen LogP contribution >= 0.6 is 0 Å². The molecule has 182 valence electrons. The molecule has 0 radical (unpaired) electrons. The number of benzene rings is 1. The van der Waals surface area contributed by atoms with E-state index >= 15 is 0 Å². The molecule has 0 bridgehead atoms. The Morgan fingerprint density at radius 1 is 1.03 bits per heavy atom. The molecule has 0 fully saturated rings. The molecule has 5 nitrogen and oxygen atoms in total. The molecule has 0 aliphatic heterocycles. The van der Waals surface area contributed by atoms with E-state index in [1.165, 1.54) is 0 Å². The Bertz CT molecular complexity index is 1040. The van der Waals surface area contributed by atoms with E-state index in [0.717, 1.165) is 36.6 Å². The van der Waals surface area contributed by atoms with Crippen LogP contribution in [0, 0.1) is 0 Å². The molecule has 1 amide bonds. The number of rotatable bonds is 6. The molecule has 0 spiro atoms. The minimum Gasteiger partial charge on any atom is -0.407 e. The maximum Gasteiger partial charge on any atom is 0.416 e. The summed E-state index contributed by atoms with van der Waals surface area (Å²) in [6.45, 7) is 14.3. The molecule has 0 unspecified atom stereocenters. The summed E-state index contributed by atoms with van der Waals surface area (Å²) in [7, 11) is 0. The molecule has 0 saturated carbocycles. The summed E-state index contributed by atoms with van der Waals surface area (Å²) in [5, 5.41) is 0. The second-order valence-electron chi connectivity index (χ2n) is 10.2. The number of hydroxylamine groups is 1. The van der Waals surface area contributed by atoms with E-state index in [2.05, 4.69) is 17.4 Å². The number of carbonyl (C=O) groups excluding carboxylic acids is 1. The van der Waals surface area contributed by atoms with Gasteiger partial charge < -0.3 is 9.40 Å². The number of nitrogens with zero attached hydrogens (tertiary/aromatic N) is 2. The van der Waals surface area contributed by atoms with Crippen molar-refractivity contribution in [1.82, 2.24) is 10.0 Å². The van der Waals surface area contributed by atoms with E-state index in [0.29, 0.717) is 12.0 Å². The lowest BCUT2D eigenvalue weighted by Crippen LogP contribution is -2.38. The van der Waals surface area contributed by atoms with Crippen LogP contribution in [-0.2, 0) is 18.1 Å². The topological polar surface area (TPSA) is 55.6 Å². The first-order valence-electron chi connectivity index (χ1n) is 11.1. The number of aryl methyl sites for hydroxylation is 1. The van der Waals surface area contributed by atoms with E-state index in [9.17, 15) is 18.0 Å². The molecule has 0 aliphatic carbocycles. The number of pyridine rings is 1. The van der Waals surface area contributed by atoms with Gasteiger partial charge >= 0.3 is 6.18 Å². The van der Waals surface area contributed by atoms with E-state index < -0.39 is 23.2 Å². The average Bonchev–Trinajstić information content (AvgIpc) is 2.69. The Kier molecular flexibility index (Phi) is 8.17. The maximum atomic E-state index is 13.4. The SMILES string of the molecule is CCCCn1ccc(C(C)(C)C)c/c1=N\C(=O)c1cc(C(F)(F)F)ccc1ONC(C)(C)C. The van der Waals surface area contributed by atoms with E-state index in [4.69, 9.17) is 4.84 Å². The minimum atomic E-state index is -4.60. The molecule has 0 saturated heterocycles. The Morgan fingerprint density at radius 2 is 1.70 bits per heavy atom. The number of hydrogen-bond donors (Lipinski definition) is 1. The van der Waals surface area contributed by atoms with Gasteiger partial charge in [0.1, 0.15) is 5.49 Å². The normalized spacial score (nSPS) is 13.3. The Morgan fingerprint density at radius 3 is 2.24 bits per heavy atom. The highest BCUT2D eigenvalue weighted by Crippen LogP contribution is 2.33. The van der Waals surface area contributed by atoms with Crippen molar-refractivity contribution in [2.45, 2.75) is 85.0 Å². The fourth-order valence-electron chi connectivity index (χ4n) is 2.93. The predicted octanol–water partition coefficient (Wildman–Crippen LogP) is 6.03. The third-order valence-electron chi connectivity index (χ3n) is 4.85. The highest BCUT2D eigenvalue weighted by atomic mass is 19.4. The molecular formula is C25H34F3N3O2. The number of unbranched alkanes of at least 4 members (excludes halogenated alkanes) is 1. The largest absolute Gasteiger partial charge is 0.416 e. The van der Waals surface area contributed by atoms with Crippen molar-refractivity contribution >= 4 is 5.91 Å². The van der Waals surface area contributed by atoms with Gasteiger partial charge in [0.15, 0.2) is 5.75 Å². The van der Waals surface area contributed by atoms with Gasteiger partial charge in [0.25, 0.3) is 5.91 Å².